The Balaban J connectivity index is 1.88. The number of carbonyl (C=O) groups is 1. The van der Waals surface area contributed by atoms with Crippen molar-refractivity contribution in [1.82, 2.24) is 0 Å². The van der Waals surface area contributed by atoms with Gasteiger partial charge >= 0.3 is 0 Å². The van der Waals surface area contributed by atoms with Crippen molar-refractivity contribution < 1.29 is 9.69 Å². The zero-order valence-corrected chi connectivity index (χ0v) is 11.8. The molecule has 1 unspecified atom stereocenters. The van der Waals surface area contributed by atoms with E-state index < -0.39 is 0 Å². The highest BCUT2D eigenvalue weighted by Gasteiger charge is 2.13. The highest BCUT2D eigenvalue weighted by Crippen LogP contribution is 2.03. The van der Waals surface area contributed by atoms with Crippen LogP contribution < -0.4 is 10.2 Å². The molecule has 2 aromatic carbocycles. The first-order valence-electron chi connectivity index (χ1n) is 7.00. The van der Waals surface area contributed by atoms with Gasteiger partial charge in [-0.2, -0.15) is 0 Å². The molecule has 104 valence electrons. The Morgan fingerprint density at radius 1 is 1.00 bits per heavy atom. The Hall–Kier alpha value is -2.13. The smallest absolute Gasteiger partial charge is 0.279 e. The van der Waals surface area contributed by atoms with E-state index >= 15 is 0 Å². The first-order chi connectivity index (χ1) is 9.78. The number of para-hydroxylation sites is 1. The Labute approximate surface area is 120 Å². The number of anilines is 1. The largest absolute Gasteiger partial charge is 0.324 e. The summed E-state index contributed by atoms with van der Waals surface area (Å²) in [4.78, 5) is 13.3. The van der Waals surface area contributed by atoms with Gasteiger partial charge in [-0.1, -0.05) is 48.5 Å². The van der Waals surface area contributed by atoms with Crippen LogP contribution in [0.1, 0.15) is 12.5 Å². The SMILES string of the molecule is CC[NH+](CC(=O)Nc1ccccc1)Cc1ccccc1. The van der Waals surface area contributed by atoms with Crippen LogP contribution in [0.2, 0.25) is 0 Å². The standard InChI is InChI=1S/C17H20N2O/c1-2-19(13-15-9-5-3-6-10-15)14-17(20)18-16-11-7-4-8-12-16/h3-12H,2,13-14H2,1H3,(H,18,20)/p+1. The second-order valence-electron chi connectivity index (χ2n) is 4.86. The van der Waals surface area contributed by atoms with Crippen molar-refractivity contribution in [3.05, 3.63) is 66.2 Å². The number of hydrogen-bond donors (Lipinski definition) is 2. The summed E-state index contributed by atoms with van der Waals surface area (Å²) in [6, 6.07) is 19.9. The van der Waals surface area contributed by atoms with Crippen LogP contribution in [0.25, 0.3) is 0 Å². The third kappa shape index (κ3) is 4.52. The van der Waals surface area contributed by atoms with Crippen LogP contribution in [0.4, 0.5) is 5.69 Å². The van der Waals surface area contributed by atoms with Crippen LogP contribution in [0, 0.1) is 0 Å². The Bertz CT molecular complexity index is 525. The molecule has 0 aliphatic heterocycles. The molecule has 0 fully saturated rings. The first-order valence-corrected chi connectivity index (χ1v) is 7.00. The van der Waals surface area contributed by atoms with Crippen molar-refractivity contribution >= 4 is 11.6 Å². The number of hydrogen-bond acceptors (Lipinski definition) is 1. The van der Waals surface area contributed by atoms with E-state index in [0.29, 0.717) is 6.54 Å². The monoisotopic (exact) mass is 269 g/mol. The lowest BCUT2D eigenvalue weighted by Crippen LogP contribution is -3.11. The summed E-state index contributed by atoms with van der Waals surface area (Å²) in [5, 5.41) is 2.93. The maximum Gasteiger partial charge on any atom is 0.279 e. The summed E-state index contributed by atoms with van der Waals surface area (Å²) in [6.45, 7) is 4.39. The van der Waals surface area contributed by atoms with Gasteiger partial charge in [0, 0.05) is 11.3 Å². The molecule has 0 spiro atoms. The molecule has 3 heteroatoms. The molecule has 2 N–H and O–H groups in total. The van der Waals surface area contributed by atoms with Gasteiger partial charge in [-0.05, 0) is 19.1 Å². The minimum absolute atomic E-state index is 0.0592. The van der Waals surface area contributed by atoms with E-state index in [9.17, 15) is 4.79 Å². The summed E-state index contributed by atoms with van der Waals surface area (Å²) >= 11 is 0. The summed E-state index contributed by atoms with van der Waals surface area (Å²) in [7, 11) is 0. The highest BCUT2D eigenvalue weighted by atomic mass is 16.2. The third-order valence-electron chi connectivity index (χ3n) is 3.27. The maximum absolute atomic E-state index is 12.0. The van der Waals surface area contributed by atoms with E-state index in [1.165, 1.54) is 10.5 Å². The Morgan fingerprint density at radius 2 is 1.60 bits per heavy atom. The fraction of sp³-hybridized carbons (Fsp3) is 0.235. The lowest BCUT2D eigenvalue weighted by molar-refractivity contribution is -0.903. The average Bonchev–Trinajstić information content (AvgIpc) is 2.48. The lowest BCUT2D eigenvalue weighted by Gasteiger charge is -2.17. The molecule has 2 rings (SSSR count). The molecule has 0 saturated carbocycles. The quantitative estimate of drug-likeness (QED) is 0.823. The highest BCUT2D eigenvalue weighted by molar-refractivity contribution is 5.91. The lowest BCUT2D eigenvalue weighted by atomic mass is 10.2. The molecule has 20 heavy (non-hydrogen) atoms. The number of amides is 1. The van der Waals surface area contributed by atoms with Crippen molar-refractivity contribution in [3.8, 4) is 0 Å². The van der Waals surface area contributed by atoms with Crippen molar-refractivity contribution in [3.63, 3.8) is 0 Å². The fourth-order valence-electron chi connectivity index (χ4n) is 2.15. The van der Waals surface area contributed by atoms with Crippen LogP contribution in [0.5, 0.6) is 0 Å². The van der Waals surface area contributed by atoms with Gasteiger partial charge in [0.05, 0.1) is 6.54 Å². The minimum Gasteiger partial charge on any atom is -0.324 e. The third-order valence-corrected chi connectivity index (χ3v) is 3.27. The molecular weight excluding hydrogens is 248 g/mol. The number of likely N-dealkylation sites (N-methyl/N-ethyl adjacent to an activating group) is 1. The molecular formula is C17H21N2O+. The van der Waals surface area contributed by atoms with E-state index in [1.807, 2.05) is 48.5 Å². The van der Waals surface area contributed by atoms with Crippen molar-refractivity contribution in [2.45, 2.75) is 13.5 Å². The number of quaternary nitrogens is 1. The normalized spacial score (nSPS) is 11.8. The van der Waals surface area contributed by atoms with Gasteiger partial charge in [-0.25, -0.2) is 0 Å². The number of benzene rings is 2. The number of carbonyl (C=O) groups excluding carboxylic acids is 1. The number of nitrogens with one attached hydrogen (secondary N) is 2. The topological polar surface area (TPSA) is 33.5 Å². The molecule has 2 aromatic rings. The van der Waals surface area contributed by atoms with Gasteiger partial charge in [0.25, 0.3) is 5.91 Å². The van der Waals surface area contributed by atoms with Crippen LogP contribution in [0.3, 0.4) is 0 Å². The molecule has 0 aliphatic carbocycles. The van der Waals surface area contributed by atoms with Crippen molar-refractivity contribution in [2.24, 2.45) is 0 Å². The van der Waals surface area contributed by atoms with Crippen molar-refractivity contribution in [2.75, 3.05) is 18.4 Å². The molecule has 3 nitrogen and oxygen atoms in total. The van der Waals surface area contributed by atoms with Gasteiger partial charge in [0.1, 0.15) is 6.54 Å². The van der Waals surface area contributed by atoms with Gasteiger partial charge in [0.2, 0.25) is 0 Å². The van der Waals surface area contributed by atoms with E-state index in [1.54, 1.807) is 0 Å². The first kappa shape index (κ1) is 14.3. The zero-order chi connectivity index (χ0) is 14.2. The molecule has 1 amide bonds. The summed E-state index contributed by atoms with van der Waals surface area (Å²) in [5.74, 6) is 0.0592. The van der Waals surface area contributed by atoms with Crippen LogP contribution in [-0.4, -0.2) is 19.0 Å². The fourth-order valence-corrected chi connectivity index (χ4v) is 2.15. The van der Waals surface area contributed by atoms with Crippen molar-refractivity contribution in [1.29, 1.82) is 0 Å². The Kier molecular flexibility index (Phi) is 5.33. The van der Waals surface area contributed by atoms with Gasteiger partial charge in [-0.15, -0.1) is 0 Å². The molecule has 0 aliphatic rings. The summed E-state index contributed by atoms with van der Waals surface area (Å²) < 4.78 is 0. The molecule has 0 saturated heterocycles. The van der Waals surface area contributed by atoms with E-state index in [2.05, 4.69) is 24.4 Å². The van der Waals surface area contributed by atoms with Crippen LogP contribution in [-0.2, 0) is 11.3 Å². The second-order valence-corrected chi connectivity index (χ2v) is 4.86. The van der Waals surface area contributed by atoms with Crippen LogP contribution in [0.15, 0.2) is 60.7 Å². The van der Waals surface area contributed by atoms with Crippen LogP contribution >= 0.6 is 0 Å². The average molecular weight is 269 g/mol. The predicted octanol–water partition coefficient (Wildman–Crippen LogP) is 1.73. The zero-order valence-electron chi connectivity index (χ0n) is 11.8. The maximum atomic E-state index is 12.0. The number of rotatable bonds is 6. The molecule has 0 aromatic heterocycles. The minimum atomic E-state index is 0.0592. The van der Waals surface area contributed by atoms with Gasteiger partial charge in [-0.3, -0.25) is 4.79 Å². The van der Waals surface area contributed by atoms with Gasteiger partial charge < -0.3 is 10.2 Å². The second kappa shape index (κ2) is 7.46. The molecule has 0 radical (unpaired) electrons. The molecule has 1 atom stereocenters. The molecule has 0 heterocycles. The summed E-state index contributed by atoms with van der Waals surface area (Å²) in [6.07, 6.45) is 0. The predicted molar refractivity (Wildman–Crippen MR) is 81.6 cm³/mol. The van der Waals surface area contributed by atoms with E-state index in [4.69, 9.17) is 0 Å². The van der Waals surface area contributed by atoms with Gasteiger partial charge in [0.15, 0.2) is 6.54 Å². The van der Waals surface area contributed by atoms with E-state index in [-0.39, 0.29) is 5.91 Å². The summed E-state index contributed by atoms with van der Waals surface area (Å²) in [5.41, 5.74) is 2.12. The van der Waals surface area contributed by atoms with E-state index in [0.717, 1.165) is 18.8 Å². The molecule has 0 bridgehead atoms. The Morgan fingerprint density at radius 3 is 2.20 bits per heavy atom.